The van der Waals surface area contributed by atoms with Crippen LogP contribution in [0, 0.1) is 0 Å². The number of aromatic nitrogens is 3. The summed E-state index contributed by atoms with van der Waals surface area (Å²) < 4.78 is 5.83. The van der Waals surface area contributed by atoms with Crippen LogP contribution in [-0.4, -0.2) is 35.1 Å². The Hall–Kier alpha value is -3.55. The molecule has 2 aromatic heterocycles. The van der Waals surface area contributed by atoms with Gasteiger partial charge in [-0.15, -0.1) is 0 Å². The molecule has 0 atom stereocenters. The molecule has 3 N–H and O–H groups in total. The lowest BCUT2D eigenvalue weighted by atomic mass is 10.1. The van der Waals surface area contributed by atoms with Gasteiger partial charge in [0, 0.05) is 12.7 Å². The van der Waals surface area contributed by atoms with Crippen LogP contribution in [-0.2, 0) is 19.6 Å². The predicted molar refractivity (Wildman–Crippen MR) is 135 cm³/mol. The fraction of sp³-hybridized carbons (Fsp3) is 0.296. The van der Waals surface area contributed by atoms with Crippen LogP contribution in [0.5, 0.6) is 5.75 Å². The molecular weight excluding hydrogens is 426 g/mol. The minimum atomic E-state index is -0.188. The van der Waals surface area contributed by atoms with E-state index in [0.29, 0.717) is 23.3 Å². The first-order valence-electron chi connectivity index (χ1n) is 11.7. The van der Waals surface area contributed by atoms with Crippen molar-refractivity contribution in [3.63, 3.8) is 0 Å². The van der Waals surface area contributed by atoms with Crippen molar-refractivity contribution in [3.05, 3.63) is 99.9 Å². The van der Waals surface area contributed by atoms with E-state index in [1.54, 1.807) is 12.3 Å². The van der Waals surface area contributed by atoms with Gasteiger partial charge in [0.15, 0.2) is 0 Å². The summed E-state index contributed by atoms with van der Waals surface area (Å²) in [5.74, 6) is 1.20. The van der Waals surface area contributed by atoms with Gasteiger partial charge in [0.1, 0.15) is 23.7 Å². The van der Waals surface area contributed by atoms with E-state index < -0.39 is 0 Å². The summed E-state index contributed by atoms with van der Waals surface area (Å²) >= 11 is 0. The summed E-state index contributed by atoms with van der Waals surface area (Å²) in [6.07, 6.45) is 5.28. The number of H-pyrrole nitrogens is 1. The van der Waals surface area contributed by atoms with E-state index in [0.717, 1.165) is 17.9 Å². The number of nitrogens with one attached hydrogen (secondary N) is 3. The van der Waals surface area contributed by atoms with Gasteiger partial charge in [-0.1, -0.05) is 42.5 Å². The number of ether oxygens (including phenoxy) is 1. The first kappa shape index (κ1) is 23.6. The number of nitrogens with zero attached hydrogens (tertiary/aromatic N) is 2. The summed E-state index contributed by atoms with van der Waals surface area (Å²) in [4.78, 5) is 24.1. The van der Waals surface area contributed by atoms with Crippen LogP contribution in [0.25, 0.3) is 10.9 Å². The molecule has 0 unspecified atom stereocenters. The van der Waals surface area contributed by atoms with Crippen molar-refractivity contribution >= 4 is 10.9 Å². The van der Waals surface area contributed by atoms with E-state index in [1.807, 2.05) is 49.5 Å². The Morgan fingerprint density at radius 1 is 0.971 bits per heavy atom. The van der Waals surface area contributed by atoms with Gasteiger partial charge >= 0.3 is 0 Å². The van der Waals surface area contributed by atoms with E-state index in [2.05, 4.69) is 37.7 Å². The Balaban J connectivity index is 0.000000486. The molecule has 0 saturated carbocycles. The van der Waals surface area contributed by atoms with Crippen molar-refractivity contribution < 1.29 is 4.74 Å². The third-order valence-corrected chi connectivity index (χ3v) is 5.60. The molecule has 1 aliphatic rings. The lowest BCUT2D eigenvalue weighted by Gasteiger charge is -2.09. The monoisotopic (exact) mass is 457 g/mol. The van der Waals surface area contributed by atoms with E-state index >= 15 is 0 Å². The number of pyridine rings is 1. The number of hydrogen-bond acceptors (Lipinski definition) is 6. The van der Waals surface area contributed by atoms with Crippen LogP contribution in [0.4, 0.5) is 0 Å². The summed E-state index contributed by atoms with van der Waals surface area (Å²) in [7, 11) is 1.83. The van der Waals surface area contributed by atoms with Crippen LogP contribution in [0.1, 0.15) is 35.5 Å². The summed E-state index contributed by atoms with van der Waals surface area (Å²) in [5, 5.41) is 6.80. The molecule has 7 heteroatoms. The summed E-state index contributed by atoms with van der Waals surface area (Å²) in [6.45, 7) is 3.22. The van der Waals surface area contributed by atoms with Gasteiger partial charge in [0.25, 0.3) is 5.56 Å². The molecule has 3 heterocycles. The quantitative estimate of drug-likeness (QED) is 0.393. The molecule has 176 valence electrons. The maximum absolute atomic E-state index is 12.4. The Morgan fingerprint density at radius 3 is 2.38 bits per heavy atom. The highest BCUT2D eigenvalue weighted by Gasteiger charge is 2.09. The van der Waals surface area contributed by atoms with Gasteiger partial charge < -0.3 is 20.4 Å². The highest BCUT2D eigenvalue weighted by atomic mass is 16.5. The van der Waals surface area contributed by atoms with Crippen LogP contribution in [0.15, 0.2) is 71.7 Å². The molecule has 1 aliphatic heterocycles. The lowest BCUT2D eigenvalue weighted by Crippen LogP contribution is -2.16. The second-order valence-corrected chi connectivity index (χ2v) is 8.25. The zero-order valence-electron chi connectivity index (χ0n) is 19.5. The third-order valence-electron chi connectivity index (χ3n) is 5.60. The molecule has 0 aliphatic carbocycles. The number of hydrogen-bond donors (Lipinski definition) is 3. The fourth-order valence-corrected chi connectivity index (χ4v) is 3.84. The van der Waals surface area contributed by atoms with Crippen molar-refractivity contribution in [3.8, 4) is 5.75 Å². The van der Waals surface area contributed by atoms with E-state index in [9.17, 15) is 4.79 Å². The Morgan fingerprint density at radius 2 is 1.71 bits per heavy atom. The van der Waals surface area contributed by atoms with E-state index in [-0.39, 0.29) is 12.2 Å². The topological polar surface area (TPSA) is 91.9 Å². The molecule has 1 saturated heterocycles. The number of rotatable bonds is 7. The Labute approximate surface area is 199 Å². The van der Waals surface area contributed by atoms with Crippen LogP contribution in [0.2, 0.25) is 0 Å². The van der Waals surface area contributed by atoms with Crippen LogP contribution < -0.4 is 20.9 Å². The van der Waals surface area contributed by atoms with E-state index in [1.165, 1.54) is 37.1 Å². The second kappa shape index (κ2) is 12.1. The number of benzene rings is 2. The molecule has 34 heavy (non-hydrogen) atoms. The summed E-state index contributed by atoms with van der Waals surface area (Å²) in [5.41, 5.74) is 3.63. The highest BCUT2D eigenvalue weighted by molar-refractivity contribution is 5.79. The average molecular weight is 458 g/mol. The SMILES string of the molecule is C1CCNC1.CNCc1nccc2c(=O)[nH]c(COc3ccc(Cc4ccccc4)cc3)nc12. The van der Waals surface area contributed by atoms with Crippen LogP contribution >= 0.6 is 0 Å². The van der Waals surface area contributed by atoms with Crippen molar-refractivity contribution in [2.75, 3.05) is 20.1 Å². The van der Waals surface area contributed by atoms with Gasteiger partial charge in [0.2, 0.25) is 0 Å². The molecular formula is C27H31N5O2. The Kier molecular flexibility index (Phi) is 8.38. The maximum atomic E-state index is 12.4. The molecule has 1 fully saturated rings. The lowest BCUT2D eigenvalue weighted by molar-refractivity contribution is 0.296. The van der Waals surface area contributed by atoms with Gasteiger partial charge in [-0.2, -0.15) is 0 Å². The Bertz CT molecular complexity index is 1230. The maximum Gasteiger partial charge on any atom is 0.258 e. The minimum Gasteiger partial charge on any atom is -0.486 e. The normalized spacial score (nSPS) is 12.9. The van der Waals surface area contributed by atoms with E-state index in [4.69, 9.17) is 4.74 Å². The molecule has 0 radical (unpaired) electrons. The third kappa shape index (κ3) is 6.50. The molecule has 4 aromatic rings. The average Bonchev–Trinajstić information content (AvgIpc) is 3.46. The molecule has 2 aromatic carbocycles. The van der Waals surface area contributed by atoms with Gasteiger partial charge in [0.05, 0.1) is 11.1 Å². The first-order chi connectivity index (χ1) is 16.7. The molecule has 0 bridgehead atoms. The molecule has 7 nitrogen and oxygen atoms in total. The van der Waals surface area contributed by atoms with Gasteiger partial charge in [-0.3, -0.25) is 9.78 Å². The second-order valence-electron chi connectivity index (χ2n) is 8.25. The largest absolute Gasteiger partial charge is 0.486 e. The highest BCUT2D eigenvalue weighted by Crippen LogP contribution is 2.17. The van der Waals surface area contributed by atoms with Crippen LogP contribution in [0.3, 0.4) is 0 Å². The smallest absolute Gasteiger partial charge is 0.258 e. The van der Waals surface area contributed by atoms with Crippen molar-refractivity contribution in [2.24, 2.45) is 0 Å². The van der Waals surface area contributed by atoms with Gasteiger partial charge in [-0.05, 0) is 68.7 Å². The first-order valence-corrected chi connectivity index (χ1v) is 11.7. The van der Waals surface area contributed by atoms with Crippen molar-refractivity contribution in [1.82, 2.24) is 25.6 Å². The zero-order chi connectivity index (χ0) is 23.6. The van der Waals surface area contributed by atoms with Crippen molar-refractivity contribution in [1.29, 1.82) is 0 Å². The summed E-state index contributed by atoms with van der Waals surface area (Å²) in [6, 6.07) is 20.0. The van der Waals surface area contributed by atoms with Crippen molar-refractivity contribution in [2.45, 2.75) is 32.4 Å². The molecule has 5 rings (SSSR count). The number of aromatic amines is 1. The molecule has 0 amide bonds. The predicted octanol–water partition coefficient (Wildman–Crippen LogP) is 3.58. The number of fused-ring (bicyclic) bond motifs is 1. The van der Waals surface area contributed by atoms with Gasteiger partial charge in [-0.25, -0.2) is 4.98 Å². The zero-order valence-corrected chi connectivity index (χ0v) is 19.5. The molecule has 0 spiro atoms. The minimum absolute atomic E-state index is 0.178. The standard InChI is InChI=1S/C23H22N4O2.C4H9N/c1-24-14-20-22-19(11-12-25-20)23(28)27-21(26-22)15-29-18-9-7-17(8-10-18)13-16-5-3-2-4-6-16;1-2-4-5-3-1/h2-12,24H,13-15H2,1H3,(H,26,27,28);5H,1-4H2. The fourth-order valence-electron chi connectivity index (χ4n) is 3.84.